The molecule has 0 saturated heterocycles. The fourth-order valence-corrected chi connectivity index (χ4v) is 4.84. The lowest BCUT2D eigenvalue weighted by atomic mass is 10.0. The number of phenols is 1. The number of hydrogen-bond acceptors (Lipinski definition) is 6. The molecule has 0 unspecified atom stereocenters. The molecule has 244 valence electrons. The van der Waals surface area contributed by atoms with Crippen molar-refractivity contribution in [3.05, 3.63) is 29.8 Å². The number of nitrogens with one attached hydrogen (secondary N) is 4. The number of unbranched alkanes of at least 4 members (excludes halogenated alkanes) is 11. The summed E-state index contributed by atoms with van der Waals surface area (Å²) in [6.45, 7) is 7.86. The number of aromatic hydroxyl groups is 1. The summed E-state index contributed by atoms with van der Waals surface area (Å²) in [7, 11) is 0. The van der Waals surface area contributed by atoms with Gasteiger partial charge in [-0.15, -0.1) is 12.4 Å². The highest BCUT2D eigenvalue weighted by Crippen LogP contribution is 2.12. The van der Waals surface area contributed by atoms with Gasteiger partial charge in [-0.3, -0.25) is 9.59 Å². The monoisotopic (exact) mass is 611 g/mol. The Balaban J connectivity index is 0.0000168. The van der Waals surface area contributed by atoms with E-state index >= 15 is 0 Å². The molecule has 0 saturated carbocycles. The van der Waals surface area contributed by atoms with Crippen molar-refractivity contribution in [3.8, 4) is 5.75 Å². The fourth-order valence-electron chi connectivity index (χ4n) is 4.84. The predicted molar refractivity (Wildman–Crippen MR) is 178 cm³/mol. The summed E-state index contributed by atoms with van der Waals surface area (Å²) in [6, 6.07) is 6.16. The highest BCUT2D eigenvalue weighted by molar-refractivity contribution is 5.87. The highest BCUT2D eigenvalue weighted by Gasteiger charge is 2.20. The molecule has 0 fully saturated rings. The average molecular weight is 612 g/mol. The van der Waals surface area contributed by atoms with Crippen LogP contribution in [0.1, 0.15) is 115 Å². The molecule has 0 heterocycles. The van der Waals surface area contributed by atoms with E-state index in [2.05, 4.69) is 21.3 Å². The van der Waals surface area contributed by atoms with E-state index < -0.39 is 6.04 Å². The molecule has 8 nitrogen and oxygen atoms in total. The molecule has 42 heavy (non-hydrogen) atoms. The van der Waals surface area contributed by atoms with Crippen LogP contribution in [-0.2, 0) is 16.0 Å². The topological polar surface area (TPSA) is 129 Å². The minimum absolute atomic E-state index is 0. The molecule has 0 aromatic heterocycles. The summed E-state index contributed by atoms with van der Waals surface area (Å²) in [5.41, 5.74) is 6.42. The van der Waals surface area contributed by atoms with Gasteiger partial charge >= 0.3 is 0 Å². The number of halogens is 1. The molecule has 9 heteroatoms. The van der Waals surface area contributed by atoms with Gasteiger partial charge in [0, 0.05) is 19.4 Å². The van der Waals surface area contributed by atoms with E-state index in [9.17, 15) is 14.7 Å². The SMILES string of the molecule is CCCC(=O)N[C@@H](Cc1ccc(O)cc1)C(=O)NCCCCCCNCCCCCCCCNCCCCCCN.Cl. The Morgan fingerprint density at radius 1 is 0.714 bits per heavy atom. The van der Waals surface area contributed by atoms with Gasteiger partial charge < -0.3 is 32.1 Å². The Morgan fingerprint density at radius 3 is 1.64 bits per heavy atom. The van der Waals surface area contributed by atoms with Crippen molar-refractivity contribution in [3.63, 3.8) is 0 Å². The van der Waals surface area contributed by atoms with Crippen molar-refractivity contribution in [2.45, 2.75) is 122 Å². The van der Waals surface area contributed by atoms with Gasteiger partial charge in [-0.25, -0.2) is 0 Å². The lowest BCUT2D eigenvalue weighted by Crippen LogP contribution is -2.48. The first kappa shape index (κ1) is 40.1. The highest BCUT2D eigenvalue weighted by atomic mass is 35.5. The number of rotatable bonds is 28. The minimum Gasteiger partial charge on any atom is -0.508 e. The zero-order valence-corrected chi connectivity index (χ0v) is 27.2. The van der Waals surface area contributed by atoms with Crippen LogP contribution in [0, 0.1) is 0 Å². The second-order valence-corrected chi connectivity index (χ2v) is 11.3. The summed E-state index contributed by atoms with van der Waals surface area (Å²) in [5, 5.41) is 22.5. The molecule has 0 bridgehead atoms. The van der Waals surface area contributed by atoms with Gasteiger partial charge in [-0.1, -0.05) is 70.4 Å². The molecule has 2 amide bonds. The molecule has 0 aliphatic heterocycles. The number of carbonyl (C=O) groups is 2. The Labute approximate surface area is 262 Å². The fraction of sp³-hybridized carbons (Fsp3) is 0.758. The number of benzene rings is 1. The van der Waals surface area contributed by atoms with Crippen LogP contribution in [0.15, 0.2) is 24.3 Å². The van der Waals surface area contributed by atoms with E-state index in [1.165, 1.54) is 57.8 Å². The van der Waals surface area contributed by atoms with Crippen LogP contribution in [0.5, 0.6) is 5.75 Å². The molecular formula is C33H62ClN5O3. The van der Waals surface area contributed by atoms with E-state index in [-0.39, 0.29) is 30.0 Å². The molecule has 7 N–H and O–H groups in total. The summed E-state index contributed by atoms with van der Waals surface area (Å²) < 4.78 is 0. The lowest BCUT2D eigenvalue weighted by molar-refractivity contribution is -0.129. The summed E-state index contributed by atoms with van der Waals surface area (Å²) in [4.78, 5) is 24.9. The van der Waals surface area contributed by atoms with Crippen LogP contribution in [0.25, 0.3) is 0 Å². The summed E-state index contributed by atoms with van der Waals surface area (Å²) >= 11 is 0. The zero-order chi connectivity index (χ0) is 29.8. The van der Waals surface area contributed by atoms with Crippen molar-refractivity contribution in [1.82, 2.24) is 21.3 Å². The third-order valence-corrected chi connectivity index (χ3v) is 7.35. The van der Waals surface area contributed by atoms with Crippen LogP contribution in [0.3, 0.4) is 0 Å². The summed E-state index contributed by atoms with van der Waals surface area (Å²) in [5.74, 6) is -0.0703. The first-order valence-corrected chi connectivity index (χ1v) is 16.5. The molecule has 0 radical (unpaired) electrons. The van der Waals surface area contributed by atoms with Gasteiger partial charge in [0.15, 0.2) is 0 Å². The van der Waals surface area contributed by atoms with Crippen molar-refractivity contribution in [2.24, 2.45) is 5.73 Å². The summed E-state index contributed by atoms with van der Waals surface area (Å²) in [6.07, 6.45) is 18.7. The Bertz CT molecular complexity index is 767. The molecule has 1 aromatic carbocycles. The molecule has 1 rings (SSSR count). The first-order chi connectivity index (χ1) is 20.1. The quantitative estimate of drug-likeness (QED) is 0.0708. The Morgan fingerprint density at radius 2 is 1.17 bits per heavy atom. The normalized spacial score (nSPS) is 11.6. The molecule has 0 aliphatic carbocycles. The molecule has 1 atom stereocenters. The van der Waals surface area contributed by atoms with E-state index in [1.54, 1.807) is 24.3 Å². The third kappa shape index (κ3) is 23.7. The minimum atomic E-state index is -0.605. The lowest BCUT2D eigenvalue weighted by Gasteiger charge is -2.19. The third-order valence-electron chi connectivity index (χ3n) is 7.35. The van der Waals surface area contributed by atoms with Gasteiger partial charge in [0.05, 0.1) is 0 Å². The smallest absolute Gasteiger partial charge is 0.242 e. The molecule has 0 spiro atoms. The van der Waals surface area contributed by atoms with Crippen LogP contribution in [0.4, 0.5) is 0 Å². The maximum absolute atomic E-state index is 12.8. The van der Waals surface area contributed by atoms with Gasteiger partial charge in [0.25, 0.3) is 0 Å². The second-order valence-electron chi connectivity index (χ2n) is 11.3. The average Bonchev–Trinajstić information content (AvgIpc) is 2.96. The van der Waals surface area contributed by atoms with Gasteiger partial charge in [-0.05, 0) is 95.4 Å². The first-order valence-electron chi connectivity index (χ1n) is 16.5. The van der Waals surface area contributed by atoms with E-state index in [1.807, 2.05) is 6.92 Å². The Hall–Kier alpha value is -1.87. The van der Waals surface area contributed by atoms with Crippen LogP contribution in [-0.4, -0.2) is 62.2 Å². The van der Waals surface area contributed by atoms with Crippen molar-refractivity contribution in [2.75, 3.05) is 39.3 Å². The number of carbonyl (C=O) groups excluding carboxylic acids is 2. The van der Waals surface area contributed by atoms with Crippen molar-refractivity contribution < 1.29 is 14.7 Å². The van der Waals surface area contributed by atoms with Gasteiger partial charge in [0.1, 0.15) is 11.8 Å². The maximum Gasteiger partial charge on any atom is 0.242 e. The van der Waals surface area contributed by atoms with E-state index in [0.29, 0.717) is 19.4 Å². The maximum atomic E-state index is 12.8. The number of amides is 2. The molecular weight excluding hydrogens is 550 g/mol. The van der Waals surface area contributed by atoms with Crippen LogP contribution in [0.2, 0.25) is 0 Å². The van der Waals surface area contributed by atoms with Crippen molar-refractivity contribution in [1.29, 1.82) is 0 Å². The van der Waals surface area contributed by atoms with E-state index in [0.717, 1.165) is 76.8 Å². The number of hydrogen-bond donors (Lipinski definition) is 6. The second kappa shape index (κ2) is 29.2. The van der Waals surface area contributed by atoms with Crippen LogP contribution < -0.4 is 27.0 Å². The van der Waals surface area contributed by atoms with Crippen molar-refractivity contribution >= 4 is 24.2 Å². The van der Waals surface area contributed by atoms with Crippen LogP contribution >= 0.6 is 12.4 Å². The zero-order valence-electron chi connectivity index (χ0n) is 26.4. The Kier molecular flexibility index (Phi) is 27.9. The number of phenolic OH excluding ortho intramolecular Hbond substituents is 1. The molecule has 1 aromatic rings. The largest absolute Gasteiger partial charge is 0.508 e. The van der Waals surface area contributed by atoms with E-state index in [4.69, 9.17) is 5.73 Å². The van der Waals surface area contributed by atoms with Gasteiger partial charge in [0.2, 0.25) is 11.8 Å². The van der Waals surface area contributed by atoms with Gasteiger partial charge in [-0.2, -0.15) is 0 Å². The standard InChI is InChI=1S/C33H61N5O3.ClH/c1-2-17-32(40)38-31(28-29-18-20-30(39)21-19-29)33(41)37-27-16-10-9-15-26-36-24-13-7-4-3-6-12-23-35-25-14-8-5-11-22-34;/h18-21,31,35-36,39H,2-17,22-28,34H2,1H3,(H,37,41)(H,38,40);1H/t31-;/m0./s1. The molecule has 0 aliphatic rings. The number of nitrogens with two attached hydrogens (primary N) is 1. The predicted octanol–water partition coefficient (Wildman–Crippen LogP) is 5.36.